The largest absolute Gasteiger partial charge is 0.497 e. The first-order valence-corrected chi connectivity index (χ1v) is 4.20. The Bertz CT molecular complexity index is 352. The summed E-state index contributed by atoms with van der Waals surface area (Å²) in [7, 11) is 3.05. The number of benzene rings is 1. The lowest BCUT2D eigenvalue weighted by Gasteiger charge is -2.07. The van der Waals surface area contributed by atoms with Crippen molar-refractivity contribution in [2.45, 2.75) is 0 Å². The number of ether oxygens (including phenoxy) is 2. The number of methoxy groups -OCH3 is 2. The molecule has 0 aliphatic rings. The highest BCUT2D eigenvalue weighted by Gasteiger charge is 2.09. The maximum atomic E-state index is 8.50. The van der Waals surface area contributed by atoms with Gasteiger partial charge in [0.2, 0.25) is 0 Å². The number of hydrogen-bond donors (Lipinski definition) is 1. The third kappa shape index (κ3) is 2.09. The van der Waals surface area contributed by atoms with Crippen LogP contribution in [0.4, 0.5) is 0 Å². The first kappa shape index (κ1) is 10.7. The summed E-state index contributed by atoms with van der Waals surface area (Å²) in [5.41, 5.74) is 0.512. The highest BCUT2D eigenvalue weighted by molar-refractivity contribution is 6.69. The highest BCUT2D eigenvalue weighted by Crippen LogP contribution is 2.25. The van der Waals surface area contributed by atoms with Crippen molar-refractivity contribution in [2.24, 2.45) is 5.16 Å². The van der Waals surface area contributed by atoms with E-state index < -0.39 is 0 Å². The van der Waals surface area contributed by atoms with Gasteiger partial charge in [-0.15, -0.1) is 0 Å². The molecule has 0 aliphatic heterocycles. The van der Waals surface area contributed by atoms with Crippen molar-refractivity contribution >= 4 is 16.8 Å². The van der Waals surface area contributed by atoms with Gasteiger partial charge in [-0.05, 0) is 12.1 Å². The Kier molecular flexibility index (Phi) is 3.59. The van der Waals surface area contributed by atoms with Crippen molar-refractivity contribution in [1.29, 1.82) is 0 Å². The van der Waals surface area contributed by atoms with Crippen LogP contribution in [0, 0.1) is 0 Å². The van der Waals surface area contributed by atoms with Gasteiger partial charge in [-0.2, -0.15) is 0 Å². The minimum absolute atomic E-state index is 0.0236. The summed E-state index contributed by atoms with van der Waals surface area (Å²) >= 11 is 5.65. The van der Waals surface area contributed by atoms with Crippen molar-refractivity contribution in [3.05, 3.63) is 23.8 Å². The van der Waals surface area contributed by atoms with Gasteiger partial charge in [0.15, 0.2) is 5.17 Å². The van der Waals surface area contributed by atoms with Crippen LogP contribution in [0.15, 0.2) is 23.4 Å². The van der Waals surface area contributed by atoms with E-state index in [0.29, 0.717) is 17.1 Å². The van der Waals surface area contributed by atoms with E-state index in [1.54, 1.807) is 25.3 Å². The van der Waals surface area contributed by atoms with Crippen LogP contribution in [0.3, 0.4) is 0 Å². The minimum Gasteiger partial charge on any atom is -0.497 e. The molecule has 0 heterocycles. The van der Waals surface area contributed by atoms with E-state index in [1.807, 2.05) is 0 Å². The van der Waals surface area contributed by atoms with Crippen molar-refractivity contribution in [3.8, 4) is 11.5 Å². The fourth-order valence-corrected chi connectivity index (χ4v) is 1.18. The number of oxime groups is 1. The Morgan fingerprint density at radius 3 is 2.57 bits per heavy atom. The van der Waals surface area contributed by atoms with E-state index in [1.165, 1.54) is 7.11 Å². The van der Waals surface area contributed by atoms with Crippen molar-refractivity contribution in [2.75, 3.05) is 14.2 Å². The van der Waals surface area contributed by atoms with Gasteiger partial charge in [0.05, 0.1) is 19.8 Å². The molecule has 0 radical (unpaired) electrons. The maximum Gasteiger partial charge on any atom is 0.179 e. The molecule has 5 heteroatoms. The fourth-order valence-electron chi connectivity index (χ4n) is 1.02. The molecule has 0 aliphatic carbocycles. The van der Waals surface area contributed by atoms with Gasteiger partial charge in [0.1, 0.15) is 11.5 Å². The van der Waals surface area contributed by atoms with E-state index in [9.17, 15) is 0 Å². The second-order valence-electron chi connectivity index (χ2n) is 2.46. The van der Waals surface area contributed by atoms with Gasteiger partial charge in [-0.25, -0.2) is 0 Å². The summed E-state index contributed by atoms with van der Waals surface area (Å²) in [6.45, 7) is 0. The molecule has 4 nitrogen and oxygen atoms in total. The van der Waals surface area contributed by atoms with Crippen molar-refractivity contribution < 1.29 is 14.7 Å². The van der Waals surface area contributed by atoms with E-state index >= 15 is 0 Å². The molecule has 14 heavy (non-hydrogen) atoms. The molecule has 76 valence electrons. The number of halogens is 1. The van der Waals surface area contributed by atoms with Crippen LogP contribution in [0.25, 0.3) is 0 Å². The quantitative estimate of drug-likeness (QED) is 0.477. The van der Waals surface area contributed by atoms with Gasteiger partial charge in [0, 0.05) is 6.07 Å². The first-order chi connectivity index (χ1) is 6.72. The minimum atomic E-state index is -0.0236. The summed E-state index contributed by atoms with van der Waals surface area (Å²) in [5, 5.41) is 11.4. The number of hydrogen-bond acceptors (Lipinski definition) is 4. The maximum absolute atomic E-state index is 8.50. The van der Waals surface area contributed by atoms with Gasteiger partial charge < -0.3 is 14.7 Å². The van der Waals surface area contributed by atoms with E-state index in [2.05, 4.69) is 5.16 Å². The monoisotopic (exact) mass is 215 g/mol. The molecule has 0 unspecified atom stereocenters. The van der Waals surface area contributed by atoms with Crippen LogP contribution in [0.2, 0.25) is 0 Å². The van der Waals surface area contributed by atoms with Gasteiger partial charge >= 0.3 is 0 Å². The summed E-state index contributed by atoms with van der Waals surface area (Å²) < 4.78 is 10.1. The summed E-state index contributed by atoms with van der Waals surface area (Å²) in [4.78, 5) is 0. The predicted molar refractivity (Wildman–Crippen MR) is 53.7 cm³/mol. The first-order valence-electron chi connectivity index (χ1n) is 3.83. The summed E-state index contributed by atoms with van der Waals surface area (Å²) in [6.07, 6.45) is 0. The average Bonchev–Trinajstić information content (AvgIpc) is 2.27. The molecule has 0 saturated carbocycles. The molecule has 0 atom stereocenters. The lowest BCUT2D eigenvalue weighted by atomic mass is 10.2. The van der Waals surface area contributed by atoms with Crippen LogP contribution in [0.5, 0.6) is 11.5 Å². The zero-order valence-corrected chi connectivity index (χ0v) is 8.58. The number of rotatable bonds is 3. The van der Waals surface area contributed by atoms with Crippen LogP contribution in [0.1, 0.15) is 5.56 Å². The van der Waals surface area contributed by atoms with Crippen molar-refractivity contribution in [1.82, 2.24) is 0 Å². The highest BCUT2D eigenvalue weighted by atomic mass is 35.5. The Morgan fingerprint density at radius 1 is 1.36 bits per heavy atom. The number of nitrogens with zero attached hydrogens (tertiary/aromatic N) is 1. The topological polar surface area (TPSA) is 51.0 Å². The molecule has 1 aromatic rings. The molecule has 0 saturated heterocycles. The second kappa shape index (κ2) is 4.72. The Labute approximate surface area is 86.7 Å². The smallest absolute Gasteiger partial charge is 0.179 e. The molecular weight excluding hydrogens is 206 g/mol. The van der Waals surface area contributed by atoms with Crippen molar-refractivity contribution in [3.63, 3.8) is 0 Å². The fraction of sp³-hybridized carbons (Fsp3) is 0.222. The molecule has 0 aromatic heterocycles. The molecular formula is C9H10ClNO3. The molecule has 0 fully saturated rings. The standard InChI is InChI=1S/C9H10ClNO3/c1-13-6-3-4-7(9(10)11-12)8(5-6)14-2/h3-5,12H,1-2H3/b11-9+. The van der Waals surface area contributed by atoms with Crippen LogP contribution >= 0.6 is 11.6 Å². The SMILES string of the molecule is COc1ccc(/C(Cl)=N\O)c(OC)c1. The normalized spacial score (nSPS) is 11.2. The Balaban J connectivity index is 3.18. The summed E-state index contributed by atoms with van der Waals surface area (Å²) in [6, 6.07) is 5.01. The zero-order chi connectivity index (χ0) is 10.6. The second-order valence-corrected chi connectivity index (χ2v) is 2.82. The van der Waals surface area contributed by atoms with Gasteiger partial charge in [-0.1, -0.05) is 16.8 Å². The van der Waals surface area contributed by atoms with Crippen LogP contribution < -0.4 is 9.47 Å². The summed E-state index contributed by atoms with van der Waals surface area (Å²) in [5.74, 6) is 1.14. The lowest BCUT2D eigenvalue weighted by molar-refractivity contribution is 0.320. The predicted octanol–water partition coefficient (Wildman–Crippen LogP) is 2.08. The van der Waals surface area contributed by atoms with E-state index in [0.717, 1.165) is 0 Å². The van der Waals surface area contributed by atoms with E-state index in [4.69, 9.17) is 26.3 Å². The molecule has 1 rings (SSSR count). The zero-order valence-electron chi connectivity index (χ0n) is 7.82. The molecule has 0 amide bonds. The Morgan fingerprint density at radius 2 is 2.07 bits per heavy atom. The molecule has 1 aromatic carbocycles. The third-order valence-electron chi connectivity index (χ3n) is 1.72. The van der Waals surface area contributed by atoms with E-state index in [-0.39, 0.29) is 5.17 Å². The third-order valence-corrected chi connectivity index (χ3v) is 2.00. The Hall–Kier alpha value is -1.42. The average molecular weight is 216 g/mol. The van der Waals surface area contributed by atoms with Crippen LogP contribution in [-0.2, 0) is 0 Å². The van der Waals surface area contributed by atoms with Gasteiger partial charge in [-0.3, -0.25) is 0 Å². The lowest BCUT2D eigenvalue weighted by Crippen LogP contribution is -1.97. The molecule has 0 spiro atoms. The van der Waals surface area contributed by atoms with Crippen LogP contribution in [-0.4, -0.2) is 24.6 Å². The van der Waals surface area contributed by atoms with Gasteiger partial charge in [0.25, 0.3) is 0 Å². The molecule has 1 N–H and O–H groups in total. The molecule has 0 bridgehead atoms.